The molecule has 6 N–H and O–H groups in total. The highest BCUT2D eigenvalue weighted by molar-refractivity contribution is 5.53. The van der Waals surface area contributed by atoms with Crippen LogP contribution in [-0.4, -0.2) is 56.5 Å². The van der Waals surface area contributed by atoms with Crippen LogP contribution in [0.25, 0.3) is 0 Å². The summed E-state index contributed by atoms with van der Waals surface area (Å²) in [7, 11) is 0. The van der Waals surface area contributed by atoms with Crippen molar-refractivity contribution in [2.75, 3.05) is 13.2 Å². The zero-order chi connectivity index (χ0) is 31.0. The van der Waals surface area contributed by atoms with Crippen LogP contribution in [0.2, 0.25) is 0 Å². The van der Waals surface area contributed by atoms with E-state index in [0.717, 1.165) is 12.8 Å². The highest BCUT2D eigenvalue weighted by Crippen LogP contribution is 2.13. The zero-order valence-electron chi connectivity index (χ0n) is 25.7. The smallest absolute Gasteiger partial charge is 0.450 e. The second-order valence-corrected chi connectivity index (χ2v) is 10.0. The molecule has 40 heavy (non-hydrogen) atoms. The van der Waals surface area contributed by atoms with Gasteiger partial charge in [-0.15, -0.1) is 0 Å². The quantitative estimate of drug-likeness (QED) is 0.0326. The lowest BCUT2D eigenvalue weighted by atomic mass is 10.1. The minimum Gasteiger partial charge on any atom is -0.450 e. The first-order valence-corrected chi connectivity index (χ1v) is 15.7. The van der Waals surface area contributed by atoms with E-state index in [4.69, 9.17) is 40.5 Å². The zero-order valence-corrected chi connectivity index (χ0v) is 25.7. The molecule has 0 spiro atoms. The number of unbranched alkanes of at least 4 members (excludes halogenated alkanes) is 22. The van der Waals surface area contributed by atoms with Gasteiger partial charge in [-0.3, -0.25) is 10.5 Å². The second-order valence-electron chi connectivity index (χ2n) is 10.0. The van der Waals surface area contributed by atoms with E-state index in [0.29, 0.717) is 13.2 Å². The van der Waals surface area contributed by atoms with Crippen molar-refractivity contribution < 1.29 is 50.3 Å². The number of carboxylic acid groups (broad SMARTS) is 4. The molecule has 0 heterocycles. The van der Waals surface area contributed by atoms with Crippen LogP contribution in [0, 0.1) is 0 Å². The van der Waals surface area contributed by atoms with Gasteiger partial charge in [0.1, 0.15) is 0 Å². The lowest BCUT2D eigenvalue weighted by Crippen LogP contribution is -1.88. The fourth-order valence-corrected chi connectivity index (χ4v) is 4.02. The molecular weight excluding hydrogens is 520 g/mol. The molecule has 0 aromatic heterocycles. The minimum atomic E-state index is -1.83. The molecule has 0 radical (unpaired) electrons. The number of carbonyl (C=O) groups is 2. The Morgan fingerprint density at radius 3 is 0.675 bits per heavy atom. The molecule has 0 unspecified atom stereocenters. The molecule has 0 aliphatic carbocycles. The van der Waals surface area contributed by atoms with E-state index in [1.54, 1.807) is 0 Å². The second kappa shape index (κ2) is 47.2. The van der Waals surface area contributed by atoms with Crippen LogP contribution in [0.3, 0.4) is 0 Å². The summed E-state index contributed by atoms with van der Waals surface area (Å²) in [5.74, 6) is 0. The third kappa shape index (κ3) is 76.6. The van der Waals surface area contributed by atoms with Crippen molar-refractivity contribution in [1.29, 1.82) is 0 Å². The Balaban J connectivity index is -0.000000255. The first-order valence-electron chi connectivity index (χ1n) is 15.7. The summed E-state index contributed by atoms with van der Waals surface area (Å²) in [6.07, 6.45) is 28.5. The molecule has 0 aliphatic heterocycles. The summed E-state index contributed by atoms with van der Waals surface area (Å²) in [6.45, 7) is 5.53. The van der Waals surface area contributed by atoms with Crippen LogP contribution in [0.15, 0.2) is 0 Å². The maximum atomic E-state index is 8.56. The Morgan fingerprint density at radius 2 is 0.525 bits per heavy atom. The topological polar surface area (TPSA) is 174 Å². The van der Waals surface area contributed by atoms with Gasteiger partial charge in [-0.2, -0.15) is 0 Å². The Bertz CT molecular complexity index is 374. The van der Waals surface area contributed by atoms with E-state index >= 15 is 0 Å². The van der Waals surface area contributed by atoms with Gasteiger partial charge >= 0.3 is 12.3 Å². The van der Waals surface area contributed by atoms with Crippen molar-refractivity contribution >= 4 is 12.3 Å². The highest BCUT2D eigenvalue weighted by atomic mass is 17.1. The van der Waals surface area contributed by atoms with E-state index in [2.05, 4.69) is 23.6 Å². The van der Waals surface area contributed by atoms with Gasteiger partial charge in [0, 0.05) is 0 Å². The van der Waals surface area contributed by atoms with E-state index in [1.807, 2.05) is 0 Å². The maximum absolute atomic E-state index is 8.56. The van der Waals surface area contributed by atoms with Crippen LogP contribution in [0.1, 0.15) is 168 Å². The Labute approximate surface area is 244 Å². The molecule has 0 saturated carbocycles. The number of hydrogen-bond donors (Lipinski definition) is 6. The average Bonchev–Trinajstić information content (AvgIpc) is 2.90. The molecule has 10 heteroatoms. The minimum absolute atomic E-state index is 0.497. The molecule has 0 bridgehead atoms. The lowest BCUT2D eigenvalue weighted by Gasteiger charge is -2.02. The van der Waals surface area contributed by atoms with E-state index in [-0.39, 0.29) is 0 Å². The Hall–Kier alpha value is -1.62. The van der Waals surface area contributed by atoms with Crippen molar-refractivity contribution in [3.8, 4) is 0 Å². The van der Waals surface area contributed by atoms with Crippen LogP contribution >= 0.6 is 0 Å². The van der Waals surface area contributed by atoms with Gasteiger partial charge in [-0.05, 0) is 12.8 Å². The SMILES string of the molecule is CCCCCCCCCCCCCCOO.CCCCCCCCCCCCCCOO.O=C(O)O.O=C(O)O. The molecule has 0 aromatic rings. The molecule has 0 amide bonds. The van der Waals surface area contributed by atoms with E-state index in [9.17, 15) is 0 Å². The van der Waals surface area contributed by atoms with Gasteiger partial charge in [-0.25, -0.2) is 19.4 Å². The van der Waals surface area contributed by atoms with Crippen LogP contribution in [0.5, 0.6) is 0 Å². The van der Waals surface area contributed by atoms with Crippen molar-refractivity contribution in [2.45, 2.75) is 168 Å². The Kier molecular flexibility index (Phi) is 53.5. The van der Waals surface area contributed by atoms with Crippen LogP contribution in [-0.2, 0) is 9.78 Å². The fraction of sp³-hybridized carbons (Fsp3) is 0.933. The summed E-state index contributed by atoms with van der Waals surface area (Å²) in [5, 5.41) is 44.1. The number of rotatable bonds is 26. The molecule has 10 nitrogen and oxygen atoms in total. The maximum Gasteiger partial charge on any atom is 0.503 e. The van der Waals surface area contributed by atoms with Gasteiger partial charge in [0.05, 0.1) is 13.2 Å². The standard InChI is InChI=1S/2C14H30O2.2CH2O3/c2*1-2-3-4-5-6-7-8-9-10-11-12-13-14-16-15;2*2-1(3)4/h2*15H,2-14H2,1H3;2*(H2,2,3,4). The average molecular weight is 585 g/mol. The summed E-state index contributed by atoms with van der Waals surface area (Å²) in [6, 6.07) is 0. The summed E-state index contributed by atoms with van der Waals surface area (Å²) in [4.78, 5) is 25.2. The third-order valence-corrected chi connectivity index (χ3v) is 6.18. The lowest BCUT2D eigenvalue weighted by molar-refractivity contribution is -0.242. The first-order chi connectivity index (χ1) is 19.3. The molecule has 244 valence electrons. The van der Waals surface area contributed by atoms with E-state index < -0.39 is 12.3 Å². The van der Waals surface area contributed by atoms with Crippen molar-refractivity contribution in [3.05, 3.63) is 0 Å². The third-order valence-electron chi connectivity index (χ3n) is 6.18. The fourth-order valence-electron chi connectivity index (χ4n) is 4.02. The molecule has 0 saturated heterocycles. The monoisotopic (exact) mass is 584 g/mol. The van der Waals surface area contributed by atoms with Crippen molar-refractivity contribution in [3.63, 3.8) is 0 Å². The number of hydrogen-bond acceptors (Lipinski definition) is 6. The predicted octanol–water partition coefficient (Wildman–Crippen LogP) is 10.8. The van der Waals surface area contributed by atoms with Crippen molar-refractivity contribution in [2.24, 2.45) is 0 Å². The van der Waals surface area contributed by atoms with Crippen molar-refractivity contribution in [1.82, 2.24) is 0 Å². The molecule has 0 aromatic carbocycles. The molecule has 0 rings (SSSR count). The molecule has 0 atom stereocenters. The molecule has 0 fully saturated rings. The first kappa shape index (κ1) is 45.4. The van der Waals surface area contributed by atoms with Gasteiger partial charge in [0.25, 0.3) is 0 Å². The van der Waals surface area contributed by atoms with Gasteiger partial charge < -0.3 is 20.4 Å². The summed E-state index contributed by atoms with van der Waals surface area (Å²) >= 11 is 0. The normalized spacial score (nSPS) is 9.90. The summed E-state index contributed by atoms with van der Waals surface area (Å²) in [5.41, 5.74) is 0. The predicted molar refractivity (Wildman–Crippen MR) is 161 cm³/mol. The van der Waals surface area contributed by atoms with E-state index in [1.165, 1.54) is 141 Å². The van der Waals surface area contributed by atoms with Crippen LogP contribution < -0.4 is 0 Å². The molecule has 0 aliphatic rings. The van der Waals surface area contributed by atoms with Gasteiger partial charge in [-0.1, -0.05) is 155 Å². The molecular formula is C30H64O10. The van der Waals surface area contributed by atoms with Gasteiger partial charge in [0.2, 0.25) is 0 Å². The van der Waals surface area contributed by atoms with Crippen LogP contribution in [0.4, 0.5) is 9.59 Å². The summed E-state index contributed by atoms with van der Waals surface area (Å²) < 4.78 is 0. The largest absolute Gasteiger partial charge is 0.503 e. The van der Waals surface area contributed by atoms with Gasteiger partial charge in [0.15, 0.2) is 0 Å². The Morgan fingerprint density at radius 1 is 0.375 bits per heavy atom. The highest BCUT2D eigenvalue weighted by Gasteiger charge is 1.94.